The van der Waals surface area contributed by atoms with Crippen molar-refractivity contribution in [3.8, 4) is 0 Å². The van der Waals surface area contributed by atoms with Crippen molar-refractivity contribution < 1.29 is 18.9 Å². The number of hydrogen-bond donors (Lipinski definition) is 0. The van der Waals surface area contributed by atoms with Gasteiger partial charge in [0.25, 0.3) is 11.8 Å². The van der Waals surface area contributed by atoms with Crippen molar-refractivity contribution in [2.24, 2.45) is 11.8 Å². The molecule has 0 unspecified atom stereocenters. The molecule has 1 aromatic heterocycles. The van der Waals surface area contributed by atoms with E-state index in [1.807, 2.05) is 0 Å². The molecule has 2 aliphatic heterocycles. The molecule has 1 saturated carbocycles. The van der Waals surface area contributed by atoms with Crippen LogP contribution in [0, 0.1) is 18.8 Å². The summed E-state index contributed by atoms with van der Waals surface area (Å²) in [7, 11) is 0. The minimum absolute atomic E-state index is 0.0700. The quantitative estimate of drug-likeness (QED) is 0.707. The Morgan fingerprint density at radius 1 is 1.28 bits per heavy atom. The number of rotatable bonds is 5. The number of likely N-dealkylation sites (tertiary alicyclic amines) is 1. The van der Waals surface area contributed by atoms with Gasteiger partial charge in [0.15, 0.2) is 5.69 Å². The molecule has 3 fully saturated rings. The molecule has 8 heteroatoms. The van der Waals surface area contributed by atoms with Gasteiger partial charge in [-0.2, -0.15) is 0 Å². The Kier molecular flexibility index (Phi) is 5.12. The molecule has 0 radical (unpaired) electrons. The van der Waals surface area contributed by atoms with Gasteiger partial charge in [-0.15, -0.1) is 0 Å². The molecule has 4 rings (SSSR count). The van der Waals surface area contributed by atoms with Crippen molar-refractivity contribution in [2.45, 2.75) is 58.4 Å². The highest BCUT2D eigenvalue weighted by Gasteiger charge is 2.58. The zero-order valence-corrected chi connectivity index (χ0v) is 17.5. The lowest BCUT2D eigenvalue weighted by Gasteiger charge is -2.42. The van der Waals surface area contributed by atoms with Crippen molar-refractivity contribution >= 4 is 17.8 Å². The van der Waals surface area contributed by atoms with E-state index in [0.29, 0.717) is 50.7 Å². The maximum absolute atomic E-state index is 13.4. The van der Waals surface area contributed by atoms with Crippen LogP contribution in [0.2, 0.25) is 0 Å². The highest BCUT2D eigenvalue weighted by atomic mass is 16.5. The Labute approximate surface area is 171 Å². The number of urea groups is 1. The van der Waals surface area contributed by atoms with E-state index in [4.69, 9.17) is 4.52 Å². The first-order valence-corrected chi connectivity index (χ1v) is 10.7. The number of amides is 4. The molecule has 1 aromatic rings. The molecule has 0 aromatic carbocycles. The van der Waals surface area contributed by atoms with E-state index in [1.165, 1.54) is 11.3 Å². The van der Waals surface area contributed by atoms with Crippen LogP contribution in [0.25, 0.3) is 0 Å². The van der Waals surface area contributed by atoms with Crippen LogP contribution < -0.4 is 0 Å². The van der Waals surface area contributed by atoms with Gasteiger partial charge in [-0.1, -0.05) is 25.4 Å². The van der Waals surface area contributed by atoms with E-state index < -0.39 is 5.54 Å². The molecule has 1 aliphatic carbocycles. The highest BCUT2D eigenvalue weighted by Crippen LogP contribution is 2.40. The lowest BCUT2D eigenvalue weighted by atomic mass is 9.83. The summed E-state index contributed by atoms with van der Waals surface area (Å²) in [6.45, 7) is 7.82. The number of carbonyl (C=O) groups is 3. The minimum Gasteiger partial charge on any atom is -0.361 e. The van der Waals surface area contributed by atoms with Gasteiger partial charge < -0.3 is 14.3 Å². The van der Waals surface area contributed by atoms with Gasteiger partial charge in [-0.05, 0) is 44.4 Å². The van der Waals surface area contributed by atoms with Crippen molar-refractivity contribution in [3.05, 3.63) is 17.5 Å². The van der Waals surface area contributed by atoms with E-state index in [1.54, 1.807) is 22.8 Å². The second kappa shape index (κ2) is 7.46. The number of nitrogens with zero attached hydrogens (tertiary/aromatic N) is 4. The fourth-order valence-electron chi connectivity index (χ4n) is 4.69. The first-order chi connectivity index (χ1) is 13.8. The van der Waals surface area contributed by atoms with Gasteiger partial charge in [0, 0.05) is 32.2 Å². The van der Waals surface area contributed by atoms with Crippen LogP contribution in [0.15, 0.2) is 10.6 Å². The fraction of sp³-hybridized carbons (Fsp3) is 0.714. The van der Waals surface area contributed by atoms with Gasteiger partial charge in [-0.25, -0.2) is 4.79 Å². The monoisotopic (exact) mass is 402 g/mol. The number of aromatic nitrogens is 1. The molecule has 0 bridgehead atoms. The Hall–Kier alpha value is -2.38. The predicted molar refractivity (Wildman–Crippen MR) is 105 cm³/mol. The number of imide groups is 1. The molecular weight excluding hydrogens is 372 g/mol. The summed E-state index contributed by atoms with van der Waals surface area (Å²) in [6.07, 6.45) is 4.30. The van der Waals surface area contributed by atoms with Crippen LogP contribution in [-0.4, -0.2) is 69.4 Å². The van der Waals surface area contributed by atoms with E-state index in [9.17, 15) is 14.4 Å². The van der Waals surface area contributed by atoms with Crippen molar-refractivity contribution in [1.29, 1.82) is 0 Å². The summed E-state index contributed by atoms with van der Waals surface area (Å²) in [5.41, 5.74) is -0.528. The molecule has 29 heavy (non-hydrogen) atoms. The van der Waals surface area contributed by atoms with Gasteiger partial charge in [0.1, 0.15) is 11.3 Å². The molecule has 3 aliphatic rings. The summed E-state index contributed by atoms with van der Waals surface area (Å²) in [5.74, 6) is 1.05. The molecule has 158 valence electrons. The van der Waals surface area contributed by atoms with Gasteiger partial charge in [0.2, 0.25) is 0 Å². The first-order valence-electron chi connectivity index (χ1n) is 10.7. The Bertz CT molecular complexity index is 805. The smallest absolute Gasteiger partial charge is 0.327 e. The minimum atomic E-state index is -0.818. The molecule has 2 saturated heterocycles. The Morgan fingerprint density at radius 3 is 2.48 bits per heavy atom. The van der Waals surface area contributed by atoms with Crippen LogP contribution in [0.3, 0.4) is 0 Å². The third kappa shape index (κ3) is 3.42. The van der Waals surface area contributed by atoms with Crippen molar-refractivity contribution in [1.82, 2.24) is 19.9 Å². The Morgan fingerprint density at radius 2 is 1.97 bits per heavy atom. The van der Waals surface area contributed by atoms with Crippen LogP contribution >= 0.6 is 0 Å². The van der Waals surface area contributed by atoms with Crippen LogP contribution in [0.1, 0.15) is 62.2 Å². The molecule has 4 amide bonds. The third-order valence-corrected chi connectivity index (χ3v) is 6.56. The zero-order valence-electron chi connectivity index (χ0n) is 17.5. The van der Waals surface area contributed by atoms with Crippen molar-refractivity contribution in [3.63, 3.8) is 0 Å². The second-order valence-corrected chi connectivity index (χ2v) is 9.15. The summed E-state index contributed by atoms with van der Waals surface area (Å²) < 4.78 is 5.02. The summed E-state index contributed by atoms with van der Waals surface area (Å²) in [6, 6.07) is 1.48. The van der Waals surface area contributed by atoms with Gasteiger partial charge in [-0.3, -0.25) is 14.5 Å². The lowest BCUT2D eigenvalue weighted by molar-refractivity contribution is -0.136. The van der Waals surface area contributed by atoms with E-state index >= 15 is 0 Å². The number of aryl methyl sites for hydroxylation is 1. The molecule has 8 nitrogen and oxygen atoms in total. The predicted octanol–water partition coefficient (Wildman–Crippen LogP) is 2.68. The van der Waals surface area contributed by atoms with Crippen LogP contribution in [0.4, 0.5) is 4.79 Å². The van der Waals surface area contributed by atoms with Crippen LogP contribution in [0.5, 0.6) is 0 Å². The van der Waals surface area contributed by atoms with Crippen molar-refractivity contribution in [2.75, 3.05) is 26.2 Å². The summed E-state index contributed by atoms with van der Waals surface area (Å²) in [5, 5.41) is 3.82. The standard InChI is InChI=1S/C21H30N4O4/c1-14(2)12-25-20(28)24(13-16-5-4-6-16)19(27)21(25)7-9-23(10-8-21)18(26)17-11-15(3)29-22-17/h11,14,16H,4-10,12-13H2,1-3H3. The summed E-state index contributed by atoms with van der Waals surface area (Å²) in [4.78, 5) is 44.3. The average Bonchev–Trinajstić information content (AvgIpc) is 3.16. The second-order valence-electron chi connectivity index (χ2n) is 9.15. The van der Waals surface area contributed by atoms with Gasteiger partial charge in [0.05, 0.1) is 0 Å². The highest BCUT2D eigenvalue weighted by molar-refractivity contribution is 6.07. The third-order valence-electron chi connectivity index (χ3n) is 6.56. The lowest BCUT2D eigenvalue weighted by Crippen LogP contribution is -2.58. The van der Waals surface area contributed by atoms with E-state index in [-0.39, 0.29) is 29.5 Å². The maximum atomic E-state index is 13.4. The largest absolute Gasteiger partial charge is 0.361 e. The molecule has 0 N–H and O–H groups in total. The number of carbonyl (C=O) groups excluding carboxylic acids is 3. The Balaban J connectivity index is 1.52. The van der Waals surface area contributed by atoms with Crippen LogP contribution in [-0.2, 0) is 4.79 Å². The normalized spacial score (nSPS) is 22.1. The summed E-state index contributed by atoms with van der Waals surface area (Å²) >= 11 is 0. The zero-order chi connectivity index (χ0) is 20.8. The molecule has 3 heterocycles. The fourth-order valence-corrected chi connectivity index (χ4v) is 4.69. The average molecular weight is 402 g/mol. The SMILES string of the molecule is Cc1cc(C(=O)N2CCC3(CC2)C(=O)N(CC2CCC2)C(=O)N3CC(C)C)no1. The first kappa shape index (κ1) is 19.9. The molecular formula is C21H30N4O4. The molecule has 1 spiro atoms. The number of hydrogen-bond acceptors (Lipinski definition) is 5. The maximum Gasteiger partial charge on any atom is 0.327 e. The van der Waals surface area contributed by atoms with Gasteiger partial charge >= 0.3 is 6.03 Å². The molecule has 0 atom stereocenters. The van der Waals surface area contributed by atoms with E-state index in [2.05, 4.69) is 19.0 Å². The number of piperidine rings is 1. The van der Waals surface area contributed by atoms with E-state index in [0.717, 1.165) is 12.8 Å². The topological polar surface area (TPSA) is 87.0 Å².